The summed E-state index contributed by atoms with van der Waals surface area (Å²) in [6, 6.07) is 12.1. The number of carbonyl (C=O) groups excluding carboxylic acids is 1. The van der Waals surface area contributed by atoms with Crippen molar-refractivity contribution in [3.05, 3.63) is 64.4 Å². The summed E-state index contributed by atoms with van der Waals surface area (Å²) in [6.07, 6.45) is 0.0272. The maximum Gasteiger partial charge on any atom is 0.261 e. The van der Waals surface area contributed by atoms with Crippen molar-refractivity contribution >= 4 is 29.3 Å². The SMILES string of the molecule is O=C(NCCSCc1ccccc1F)[C@@H]1Cc2cc(Cl)ccc2O1. The highest BCUT2D eigenvalue weighted by atomic mass is 35.5. The maximum absolute atomic E-state index is 13.5. The molecule has 0 bridgehead atoms. The Labute approximate surface area is 149 Å². The molecular formula is C18H17ClFNO2S. The van der Waals surface area contributed by atoms with Crippen LogP contribution in [0.4, 0.5) is 4.39 Å². The van der Waals surface area contributed by atoms with Crippen LogP contribution in [-0.4, -0.2) is 24.3 Å². The molecule has 3 nitrogen and oxygen atoms in total. The van der Waals surface area contributed by atoms with Gasteiger partial charge in [-0.2, -0.15) is 11.8 Å². The van der Waals surface area contributed by atoms with Gasteiger partial charge in [0, 0.05) is 29.5 Å². The summed E-state index contributed by atoms with van der Waals surface area (Å²) in [7, 11) is 0. The first-order valence-corrected chi connectivity index (χ1v) is 9.20. The number of benzene rings is 2. The largest absolute Gasteiger partial charge is 0.480 e. The van der Waals surface area contributed by atoms with Gasteiger partial charge in [0.2, 0.25) is 0 Å². The molecule has 1 amide bonds. The number of ether oxygens (including phenoxy) is 1. The number of carbonyl (C=O) groups is 1. The molecule has 0 aliphatic carbocycles. The van der Waals surface area contributed by atoms with Crippen molar-refractivity contribution in [1.29, 1.82) is 0 Å². The van der Waals surface area contributed by atoms with E-state index in [1.807, 2.05) is 12.1 Å². The highest BCUT2D eigenvalue weighted by Crippen LogP contribution is 2.31. The smallest absolute Gasteiger partial charge is 0.261 e. The molecule has 24 heavy (non-hydrogen) atoms. The van der Waals surface area contributed by atoms with Crippen molar-refractivity contribution in [3.8, 4) is 5.75 Å². The Hall–Kier alpha value is -1.72. The quantitative estimate of drug-likeness (QED) is 0.790. The molecule has 2 aromatic rings. The van der Waals surface area contributed by atoms with E-state index in [2.05, 4.69) is 5.32 Å². The highest BCUT2D eigenvalue weighted by molar-refractivity contribution is 7.98. The Morgan fingerprint density at radius 1 is 1.33 bits per heavy atom. The molecule has 1 aliphatic rings. The molecule has 1 aliphatic heterocycles. The number of hydrogen-bond donors (Lipinski definition) is 1. The second kappa shape index (κ2) is 7.90. The van der Waals surface area contributed by atoms with Crippen molar-refractivity contribution in [2.75, 3.05) is 12.3 Å². The number of fused-ring (bicyclic) bond motifs is 1. The molecule has 1 heterocycles. The standard InChI is InChI=1S/C18H17ClFNO2S/c19-14-5-6-16-13(9-14)10-17(23-16)18(22)21-7-8-24-11-12-3-1-2-4-15(12)20/h1-6,9,17H,7-8,10-11H2,(H,21,22)/t17-/m0/s1. The lowest BCUT2D eigenvalue weighted by Gasteiger charge is -2.11. The van der Waals surface area contributed by atoms with Crippen molar-refractivity contribution in [1.82, 2.24) is 5.32 Å². The summed E-state index contributed by atoms with van der Waals surface area (Å²) in [5, 5.41) is 3.51. The summed E-state index contributed by atoms with van der Waals surface area (Å²) in [4.78, 5) is 12.1. The Kier molecular flexibility index (Phi) is 5.63. The number of hydrogen-bond acceptors (Lipinski definition) is 3. The van der Waals surface area contributed by atoms with E-state index in [9.17, 15) is 9.18 Å². The molecule has 0 radical (unpaired) electrons. The van der Waals surface area contributed by atoms with Crippen LogP contribution in [0.15, 0.2) is 42.5 Å². The predicted octanol–water partition coefficient (Wildman–Crippen LogP) is 3.83. The molecular weight excluding hydrogens is 349 g/mol. The third-order valence-corrected chi connectivity index (χ3v) is 4.99. The van der Waals surface area contributed by atoms with Gasteiger partial charge >= 0.3 is 0 Å². The normalized spacial score (nSPS) is 15.7. The van der Waals surface area contributed by atoms with Gasteiger partial charge in [0.05, 0.1) is 0 Å². The molecule has 2 aromatic carbocycles. The number of thioether (sulfide) groups is 1. The minimum Gasteiger partial charge on any atom is -0.480 e. The van der Waals surface area contributed by atoms with Crippen LogP contribution < -0.4 is 10.1 Å². The second-order valence-corrected chi connectivity index (χ2v) is 7.04. The van der Waals surface area contributed by atoms with E-state index in [-0.39, 0.29) is 11.7 Å². The fraction of sp³-hybridized carbons (Fsp3) is 0.278. The van der Waals surface area contributed by atoms with Gasteiger partial charge in [-0.05, 0) is 35.4 Å². The molecule has 6 heteroatoms. The third kappa shape index (κ3) is 4.22. The summed E-state index contributed by atoms with van der Waals surface area (Å²) in [5.74, 6) is 1.70. The summed E-state index contributed by atoms with van der Waals surface area (Å²) in [5.41, 5.74) is 1.64. The van der Waals surface area contributed by atoms with Gasteiger partial charge in [-0.25, -0.2) is 4.39 Å². The molecule has 126 valence electrons. The maximum atomic E-state index is 13.5. The van der Waals surface area contributed by atoms with Crippen LogP contribution >= 0.6 is 23.4 Å². The summed E-state index contributed by atoms with van der Waals surface area (Å²) < 4.78 is 19.1. The fourth-order valence-corrected chi connectivity index (χ4v) is 3.56. The molecule has 0 aromatic heterocycles. The third-order valence-electron chi connectivity index (χ3n) is 3.75. The van der Waals surface area contributed by atoms with E-state index in [1.54, 1.807) is 36.0 Å². The Morgan fingerprint density at radius 2 is 2.17 bits per heavy atom. The van der Waals surface area contributed by atoms with Gasteiger partial charge in [0.1, 0.15) is 11.6 Å². The fourth-order valence-electron chi connectivity index (χ4n) is 2.52. The number of halogens is 2. The van der Waals surface area contributed by atoms with Crippen LogP contribution in [0.25, 0.3) is 0 Å². The van der Waals surface area contributed by atoms with Crippen molar-refractivity contribution in [2.45, 2.75) is 18.3 Å². The number of amides is 1. The average Bonchev–Trinajstić information content (AvgIpc) is 2.99. The molecule has 0 saturated carbocycles. The van der Waals surface area contributed by atoms with E-state index >= 15 is 0 Å². The van der Waals surface area contributed by atoms with Crippen molar-refractivity contribution in [2.24, 2.45) is 0 Å². The van der Waals surface area contributed by atoms with Crippen molar-refractivity contribution in [3.63, 3.8) is 0 Å². The first kappa shape index (κ1) is 17.1. The predicted molar refractivity (Wildman–Crippen MR) is 95.1 cm³/mol. The van der Waals surface area contributed by atoms with Gasteiger partial charge in [0.25, 0.3) is 5.91 Å². The summed E-state index contributed by atoms with van der Waals surface area (Å²) >= 11 is 7.53. The lowest BCUT2D eigenvalue weighted by Crippen LogP contribution is -2.38. The minimum atomic E-state index is -0.505. The topological polar surface area (TPSA) is 38.3 Å². The van der Waals surface area contributed by atoms with Gasteiger partial charge in [-0.15, -0.1) is 0 Å². The van der Waals surface area contributed by atoms with E-state index in [0.29, 0.717) is 40.8 Å². The minimum absolute atomic E-state index is 0.131. The highest BCUT2D eigenvalue weighted by Gasteiger charge is 2.28. The molecule has 0 fully saturated rings. The molecule has 0 saturated heterocycles. The molecule has 0 unspecified atom stereocenters. The van der Waals surface area contributed by atoms with Crippen LogP contribution in [0.2, 0.25) is 5.02 Å². The first-order valence-electron chi connectivity index (χ1n) is 7.67. The van der Waals surface area contributed by atoms with Crippen LogP contribution in [0.1, 0.15) is 11.1 Å². The van der Waals surface area contributed by atoms with Crippen molar-refractivity contribution < 1.29 is 13.9 Å². The van der Waals surface area contributed by atoms with Gasteiger partial charge in [-0.3, -0.25) is 4.79 Å². The van der Waals surface area contributed by atoms with Gasteiger partial charge < -0.3 is 10.1 Å². The average molecular weight is 366 g/mol. The molecule has 1 N–H and O–H groups in total. The van der Waals surface area contributed by atoms with E-state index in [1.165, 1.54) is 6.07 Å². The molecule has 1 atom stereocenters. The van der Waals surface area contributed by atoms with Crippen LogP contribution in [0.3, 0.4) is 0 Å². The monoisotopic (exact) mass is 365 g/mol. The van der Waals surface area contributed by atoms with Crippen LogP contribution in [-0.2, 0) is 17.0 Å². The molecule has 0 spiro atoms. The zero-order valence-corrected chi connectivity index (χ0v) is 14.5. The molecule has 3 rings (SSSR count). The van der Waals surface area contributed by atoms with Crippen LogP contribution in [0, 0.1) is 5.82 Å². The summed E-state index contributed by atoms with van der Waals surface area (Å²) in [6.45, 7) is 0.523. The lowest BCUT2D eigenvalue weighted by atomic mass is 10.1. The van der Waals surface area contributed by atoms with E-state index < -0.39 is 6.10 Å². The van der Waals surface area contributed by atoms with Gasteiger partial charge in [0.15, 0.2) is 6.10 Å². The van der Waals surface area contributed by atoms with Crippen LogP contribution in [0.5, 0.6) is 5.75 Å². The zero-order chi connectivity index (χ0) is 16.9. The Bertz CT molecular complexity index is 741. The zero-order valence-electron chi connectivity index (χ0n) is 12.9. The lowest BCUT2D eigenvalue weighted by molar-refractivity contribution is -0.127. The number of nitrogens with one attached hydrogen (secondary N) is 1. The van der Waals surface area contributed by atoms with E-state index in [0.717, 1.165) is 5.56 Å². The van der Waals surface area contributed by atoms with Gasteiger partial charge in [-0.1, -0.05) is 29.8 Å². The first-order chi connectivity index (χ1) is 11.6. The number of rotatable bonds is 6. The Morgan fingerprint density at radius 3 is 3.00 bits per heavy atom. The van der Waals surface area contributed by atoms with E-state index in [4.69, 9.17) is 16.3 Å². The Balaban J connectivity index is 1.39. The second-order valence-electron chi connectivity index (χ2n) is 5.50.